The number of thioether (sulfide) groups is 1. The van der Waals surface area contributed by atoms with Crippen molar-refractivity contribution in [1.29, 1.82) is 5.26 Å². The lowest BCUT2D eigenvalue weighted by atomic mass is 10.4. The number of nitrogens with zero attached hydrogens (tertiary/aromatic N) is 2. The third-order valence-corrected chi connectivity index (χ3v) is 1.69. The van der Waals surface area contributed by atoms with Crippen molar-refractivity contribution in [2.24, 2.45) is 0 Å². The first-order chi connectivity index (χ1) is 6.04. The number of thiocyanates is 1. The third-order valence-electron chi connectivity index (χ3n) is 1.13. The number of aromatic nitrogens is 1. The van der Waals surface area contributed by atoms with Gasteiger partial charge in [0, 0.05) is 6.07 Å². The van der Waals surface area contributed by atoms with Gasteiger partial charge in [-0.2, -0.15) is 18.4 Å². The van der Waals surface area contributed by atoms with Crippen molar-refractivity contribution in [2.45, 2.75) is 11.9 Å². The Morgan fingerprint density at radius 2 is 2.31 bits per heavy atom. The van der Waals surface area contributed by atoms with Crippen LogP contribution in [0.15, 0.2) is 10.6 Å². The van der Waals surface area contributed by atoms with Gasteiger partial charge >= 0.3 is 6.18 Å². The SMILES string of the molecule is N#CSCc1cc(C(F)(F)F)no1. The molecule has 0 radical (unpaired) electrons. The number of hydrogen-bond acceptors (Lipinski definition) is 4. The lowest BCUT2D eigenvalue weighted by Crippen LogP contribution is -2.04. The average Bonchev–Trinajstić information content (AvgIpc) is 2.47. The van der Waals surface area contributed by atoms with Crippen LogP contribution in [0.25, 0.3) is 0 Å². The molecule has 3 nitrogen and oxygen atoms in total. The fourth-order valence-corrected chi connectivity index (χ4v) is 0.961. The van der Waals surface area contributed by atoms with E-state index >= 15 is 0 Å². The minimum atomic E-state index is -4.49. The second kappa shape index (κ2) is 3.70. The topological polar surface area (TPSA) is 49.8 Å². The van der Waals surface area contributed by atoms with Gasteiger partial charge in [0.15, 0.2) is 5.69 Å². The molecule has 1 rings (SSSR count). The van der Waals surface area contributed by atoms with Gasteiger partial charge in [0.1, 0.15) is 11.2 Å². The van der Waals surface area contributed by atoms with Gasteiger partial charge in [0.05, 0.1) is 5.75 Å². The van der Waals surface area contributed by atoms with Gasteiger partial charge in [0.2, 0.25) is 0 Å². The summed E-state index contributed by atoms with van der Waals surface area (Å²) in [5.41, 5.74) is -1.07. The quantitative estimate of drug-likeness (QED) is 0.700. The highest BCUT2D eigenvalue weighted by Crippen LogP contribution is 2.29. The zero-order chi connectivity index (χ0) is 9.90. The summed E-state index contributed by atoms with van der Waals surface area (Å²) in [5.74, 6) is 0.110. The molecule has 0 aromatic carbocycles. The first kappa shape index (κ1) is 9.92. The van der Waals surface area contributed by atoms with Crippen molar-refractivity contribution in [3.05, 3.63) is 17.5 Å². The highest BCUT2D eigenvalue weighted by atomic mass is 32.2. The van der Waals surface area contributed by atoms with Gasteiger partial charge in [-0.05, 0) is 11.8 Å². The molecule has 70 valence electrons. The molecule has 0 spiro atoms. The lowest BCUT2D eigenvalue weighted by Gasteiger charge is -1.97. The first-order valence-corrected chi connectivity index (χ1v) is 4.06. The second-order valence-corrected chi connectivity index (χ2v) is 2.82. The van der Waals surface area contributed by atoms with E-state index in [2.05, 4.69) is 9.68 Å². The number of halogens is 3. The number of rotatable bonds is 2. The first-order valence-electron chi connectivity index (χ1n) is 3.07. The Morgan fingerprint density at radius 1 is 1.62 bits per heavy atom. The van der Waals surface area contributed by atoms with Gasteiger partial charge in [-0.1, -0.05) is 5.16 Å². The van der Waals surface area contributed by atoms with Crippen LogP contribution in [0, 0.1) is 10.7 Å². The van der Waals surface area contributed by atoms with E-state index in [1.807, 2.05) is 0 Å². The maximum Gasteiger partial charge on any atom is 0.436 e. The van der Waals surface area contributed by atoms with Crippen LogP contribution in [0.2, 0.25) is 0 Å². The Bertz CT molecular complexity index is 327. The predicted molar refractivity (Wildman–Crippen MR) is 38.4 cm³/mol. The molecule has 0 saturated carbocycles. The number of hydrogen-bond donors (Lipinski definition) is 0. The van der Waals surface area contributed by atoms with E-state index in [9.17, 15) is 13.2 Å². The molecule has 0 amide bonds. The molecule has 7 heteroatoms. The van der Waals surface area contributed by atoms with Crippen LogP contribution in [-0.4, -0.2) is 5.16 Å². The number of alkyl halides is 3. The van der Waals surface area contributed by atoms with Crippen molar-refractivity contribution in [1.82, 2.24) is 5.16 Å². The van der Waals surface area contributed by atoms with Gasteiger partial charge < -0.3 is 4.52 Å². The molecule has 0 aliphatic heterocycles. The molecule has 0 bridgehead atoms. The number of nitriles is 1. The molecule has 0 aliphatic carbocycles. The fourth-order valence-electron chi connectivity index (χ4n) is 0.618. The molecule has 0 unspecified atom stereocenters. The smallest absolute Gasteiger partial charge is 0.360 e. The molecule has 1 aromatic heterocycles. The van der Waals surface area contributed by atoms with E-state index in [4.69, 9.17) is 5.26 Å². The van der Waals surface area contributed by atoms with E-state index in [0.29, 0.717) is 0 Å². The Hall–Kier alpha value is -1.16. The maximum absolute atomic E-state index is 11.9. The van der Waals surface area contributed by atoms with Gasteiger partial charge in [0.25, 0.3) is 0 Å². The standard InChI is InChI=1S/C6H3F3N2OS/c7-6(8,9)5-1-4(12-11-5)2-13-3-10/h1H,2H2. The Balaban J connectivity index is 2.71. The zero-order valence-electron chi connectivity index (χ0n) is 6.13. The van der Waals surface area contributed by atoms with Crippen LogP contribution in [0.5, 0.6) is 0 Å². The molecule has 0 saturated heterocycles. The van der Waals surface area contributed by atoms with Gasteiger partial charge in [-0.15, -0.1) is 0 Å². The summed E-state index contributed by atoms with van der Waals surface area (Å²) in [4.78, 5) is 0. The summed E-state index contributed by atoms with van der Waals surface area (Å²) < 4.78 is 40.1. The molecule has 1 aromatic rings. The second-order valence-electron chi connectivity index (χ2n) is 2.06. The summed E-state index contributed by atoms with van der Waals surface area (Å²) in [6.45, 7) is 0. The van der Waals surface area contributed by atoms with Crippen LogP contribution in [0.4, 0.5) is 13.2 Å². The van der Waals surface area contributed by atoms with Crippen LogP contribution in [0.1, 0.15) is 11.5 Å². The highest BCUT2D eigenvalue weighted by Gasteiger charge is 2.34. The Labute approximate surface area is 75.5 Å². The summed E-state index contributed by atoms with van der Waals surface area (Å²) in [6, 6.07) is 0.782. The maximum atomic E-state index is 11.9. The van der Waals surface area contributed by atoms with Gasteiger partial charge in [-0.25, -0.2) is 0 Å². The minimum absolute atomic E-state index is 0.0406. The zero-order valence-corrected chi connectivity index (χ0v) is 6.95. The average molecular weight is 208 g/mol. The fraction of sp³-hybridized carbons (Fsp3) is 0.333. The van der Waals surface area contributed by atoms with E-state index in [1.54, 1.807) is 5.40 Å². The van der Waals surface area contributed by atoms with E-state index < -0.39 is 11.9 Å². The largest absolute Gasteiger partial charge is 0.436 e. The molecule has 0 aliphatic rings. The van der Waals surface area contributed by atoms with Crippen LogP contribution >= 0.6 is 11.8 Å². The minimum Gasteiger partial charge on any atom is -0.360 e. The Kier molecular flexibility index (Phi) is 2.83. The summed E-state index contributed by atoms with van der Waals surface area (Å²) >= 11 is 0.790. The summed E-state index contributed by atoms with van der Waals surface area (Å²) in [6.07, 6.45) is -4.49. The summed E-state index contributed by atoms with van der Waals surface area (Å²) in [7, 11) is 0. The van der Waals surface area contributed by atoms with E-state index in [-0.39, 0.29) is 11.5 Å². The van der Waals surface area contributed by atoms with Crippen molar-refractivity contribution >= 4 is 11.8 Å². The van der Waals surface area contributed by atoms with E-state index in [1.165, 1.54) is 0 Å². The lowest BCUT2D eigenvalue weighted by molar-refractivity contribution is -0.142. The molecule has 13 heavy (non-hydrogen) atoms. The molecular weight excluding hydrogens is 205 g/mol. The van der Waals surface area contributed by atoms with Crippen LogP contribution in [-0.2, 0) is 11.9 Å². The van der Waals surface area contributed by atoms with Crippen molar-refractivity contribution in [3.63, 3.8) is 0 Å². The predicted octanol–water partition coefficient (Wildman–Crippen LogP) is 2.41. The van der Waals surface area contributed by atoms with Crippen LogP contribution < -0.4 is 0 Å². The van der Waals surface area contributed by atoms with Gasteiger partial charge in [-0.3, -0.25) is 0 Å². The van der Waals surface area contributed by atoms with Crippen LogP contribution in [0.3, 0.4) is 0 Å². The van der Waals surface area contributed by atoms with Crippen molar-refractivity contribution < 1.29 is 17.7 Å². The third kappa shape index (κ3) is 2.66. The normalized spacial score (nSPS) is 11.2. The van der Waals surface area contributed by atoms with Crippen molar-refractivity contribution in [2.75, 3.05) is 0 Å². The monoisotopic (exact) mass is 208 g/mol. The molecule has 0 atom stereocenters. The molecule has 1 heterocycles. The molecule has 0 fully saturated rings. The summed E-state index contributed by atoms with van der Waals surface area (Å²) in [5, 5.41) is 12.7. The Morgan fingerprint density at radius 3 is 2.77 bits per heavy atom. The van der Waals surface area contributed by atoms with Crippen molar-refractivity contribution in [3.8, 4) is 5.40 Å². The molecular formula is C6H3F3N2OS. The van der Waals surface area contributed by atoms with E-state index in [0.717, 1.165) is 17.8 Å². The molecule has 0 N–H and O–H groups in total. The highest BCUT2D eigenvalue weighted by molar-refractivity contribution is 8.02.